The van der Waals surface area contributed by atoms with Crippen LogP contribution in [0.25, 0.3) is 0 Å². The first-order chi connectivity index (χ1) is 4.34. The van der Waals surface area contributed by atoms with Crippen molar-refractivity contribution in [1.29, 1.82) is 0 Å². The molecular formula is C4H5Cl3O3. The molecular weight excluding hydrogens is 202 g/mol. The maximum absolute atomic E-state index is 10.1. The Morgan fingerprint density at radius 1 is 1.60 bits per heavy atom. The molecule has 0 aromatic rings. The zero-order valence-electron chi connectivity index (χ0n) is 4.97. The maximum Gasteiger partial charge on any atom is 0.305 e. The van der Waals surface area contributed by atoms with Crippen LogP contribution in [0.4, 0.5) is 0 Å². The molecule has 0 heterocycles. The number of ether oxygens (including phenoxy) is 1. The van der Waals surface area contributed by atoms with Gasteiger partial charge in [-0.15, -0.1) is 0 Å². The summed E-state index contributed by atoms with van der Waals surface area (Å²) in [5.41, 5.74) is 0. The van der Waals surface area contributed by atoms with E-state index in [-0.39, 0.29) is 0 Å². The van der Waals surface area contributed by atoms with Gasteiger partial charge in [0.05, 0.1) is 0 Å². The summed E-state index contributed by atoms with van der Waals surface area (Å²) in [6.45, 7) is 1.10. The van der Waals surface area contributed by atoms with E-state index in [0.717, 1.165) is 6.92 Å². The van der Waals surface area contributed by atoms with Crippen LogP contribution in [-0.4, -0.2) is 21.2 Å². The number of esters is 1. The van der Waals surface area contributed by atoms with E-state index in [9.17, 15) is 4.79 Å². The summed E-state index contributed by atoms with van der Waals surface area (Å²) in [4.78, 5) is 10.1. The Morgan fingerprint density at radius 2 is 2.00 bits per heavy atom. The summed E-state index contributed by atoms with van der Waals surface area (Å²) in [5.74, 6) is -0.709. The molecule has 0 aliphatic carbocycles. The van der Waals surface area contributed by atoms with Crippen LogP contribution in [0.2, 0.25) is 0 Å². The molecule has 0 aromatic heterocycles. The van der Waals surface area contributed by atoms with E-state index in [1.807, 2.05) is 0 Å². The van der Waals surface area contributed by atoms with Gasteiger partial charge in [0.15, 0.2) is 0 Å². The first-order valence-corrected chi connectivity index (χ1v) is 3.39. The molecule has 0 fully saturated rings. The maximum atomic E-state index is 10.1. The van der Waals surface area contributed by atoms with Crippen molar-refractivity contribution >= 4 is 40.8 Å². The fourth-order valence-electron chi connectivity index (χ4n) is 0.224. The van der Waals surface area contributed by atoms with Crippen LogP contribution in [0.5, 0.6) is 0 Å². The molecule has 0 aromatic carbocycles. The van der Waals surface area contributed by atoms with Crippen molar-refractivity contribution in [1.82, 2.24) is 0 Å². The van der Waals surface area contributed by atoms with Gasteiger partial charge in [0, 0.05) is 6.92 Å². The highest BCUT2D eigenvalue weighted by atomic mass is 35.6. The van der Waals surface area contributed by atoms with Crippen molar-refractivity contribution in [3.05, 3.63) is 0 Å². The van der Waals surface area contributed by atoms with Crippen molar-refractivity contribution in [2.45, 2.75) is 17.0 Å². The lowest BCUT2D eigenvalue weighted by Gasteiger charge is -2.17. The van der Waals surface area contributed by atoms with Gasteiger partial charge in [0.1, 0.15) is 0 Å². The molecule has 3 nitrogen and oxygen atoms in total. The summed E-state index contributed by atoms with van der Waals surface area (Å²) < 4.78 is 2.15. The van der Waals surface area contributed by atoms with Gasteiger partial charge in [0.25, 0.3) is 3.79 Å². The van der Waals surface area contributed by atoms with E-state index in [4.69, 9.17) is 39.9 Å². The predicted octanol–water partition coefficient (Wildman–Crippen LogP) is 1.24. The largest absolute Gasteiger partial charge is 0.431 e. The third-order valence-corrected chi connectivity index (χ3v) is 1.12. The highest BCUT2D eigenvalue weighted by Crippen LogP contribution is 2.30. The van der Waals surface area contributed by atoms with Crippen LogP contribution in [0.3, 0.4) is 0 Å². The molecule has 0 spiro atoms. The molecule has 6 heteroatoms. The number of aliphatic hydroxyl groups excluding tert-OH is 1. The minimum atomic E-state index is -1.98. The number of hydrogen-bond acceptors (Lipinski definition) is 3. The molecule has 0 bridgehead atoms. The van der Waals surface area contributed by atoms with E-state index in [2.05, 4.69) is 4.74 Å². The standard InChI is InChI=1S/C4H5Cl3O3/c1-2(8)10-3(9)4(5,6)7/h3,9H,1H3. The third kappa shape index (κ3) is 4.17. The summed E-state index contributed by atoms with van der Waals surface area (Å²) in [6.07, 6.45) is -1.71. The van der Waals surface area contributed by atoms with Crippen LogP contribution in [-0.2, 0) is 9.53 Å². The third-order valence-electron chi connectivity index (χ3n) is 0.558. The van der Waals surface area contributed by atoms with E-state index in [1.54, 1.807) is 0 Å². The second kappa shape index (κ2) is 3.62. The highest BCUT2D eigenvalue weighted by molar-refractivity contribution is 6.67. The average Bonchev–Trinajstić information content (AvgIpc) is 1.60. The summed E-state index contributed by atoms with van der Waals surface area (Å²) in [5, 5.41) is 8.72. The van der Waals surface area contributed by atoms with Gasteiger partial charge in [0.2, 0.25) is 6.29 Å². The fraction of sp³-hybridized carbons (Fsp3) is 0.750. The lowest BCUT2D eigenvalue weighted by atomic mass is 10.7. The van der Waals surface area contributed by atoms with E-state index < -0.39 is 16.1 Å². The number of carbonyl (C=O) groups excluding carboxylic acids is 1. The number of rotatable bonds is 1. The van der Waals surface area contributed by atoms with Gasteiger partial charge in [-0.25, -0.2) is 0 Å². The molecule has 60 valence electrons. The van der Waals surface area contributed by atoms with Crippen LogP contribution in [0, 0.1) is 0 Å². The molecule has 0 radical (unpaired) electrons. The van der Waals surface area contributed by atoms with E-state index in [1.165, 1.54) is 0 Å². The van der Waals surface area contributed by atoms with Crippen LogP contribution in [0.1, 0.15) is 6.92 Å². The number of hydrogen-bond donors (Lipinski definition) is 1. The monoisotopic (exact) mass is 206 g/mol. The fourth-order valence-corrected chi connectivity index (χ4v) is 0.358. The Bertz CT molecular complexity index is 130. The first-order valence-electron chi connectivity index (χ1n) is 2.26. The van der Waals surface area contributed by atoms with Crippen molar-refractivity contribution in [2.24, 2.45) is 0 Å². The zero-order valence-corrected chi connectivity index (χ0v) is 7.24. The van der Waals surface area contributed by atoms with Gasteiger partial charge in [-0.3, -0.25) is 4.79 Å². The molecule has 1 atom stereocenters. The smallest absolute Gasteiger partial charge is 0.305 e. The second-order valence-corrected chi connectivity index (χ2v) is 3.87. The van der Waals surface area contributed by atoms with Gasteiger partial charge >= 0.3 is 5.97 Å². The predicted molar refractivity (Wildman–Crippen MR) is 38.1 cm³/mol. The molecule has 0 saturated carbocycles. The number of aliphatic hydroxyl groups is 1. The molecule has 0 aliphatic heterocycles. The average molecular weight is 207 g/mol. The Hall–Kier alpha value is 0.300. The topological polar surface area (TPSA) is 46.5 Å². The molecule has 1 unspecified atom stereocenters. The molecule has 0 rings (SSSR count). The van der Waals surface area contributed by atoms with E-state index >= 15 is 0 Å². The normalized spacial score (nSPS) is 14.5. The van der Waals surface area contributed by atoms with Crippen LogP contribution in [0.15, 0.2) is 0 Å². The second-order valence-electron chi connectivity index (χ2n) is 1.50. The minimum absolute atomic E-state index is 0.709. The van der Waals surface area contributed by atoms with Crippen molar-refractivity contribution in [3.63, 3.8) is 0 Å². The van der Waals surface area contributed by atoms with Gasteiger partial charge < -0.3 is 9.84 Å². The Balaban J connectivity index is 3.85. The summed E-state index contributed by atoms with van der Waals surface area (Å²) >= 11 is 15.4. The van der Waals surface area contributed by atoms with Gasteiger partial charge in [-0.1, -0.05) is 34.8 Å². The first kappa shape index (κ1) is 10.3. The van der Waals surface area contributed by atoms with E-state index in [0.29, 0.717) is 0 Å². The molecule has 10 heavy (non-hydrogen) atoms. The molecule has 0 aliphatic rings. The Kier molecular flexibility index (Phi) is 3.73. The SMILES string of the molecule is CC(=O)OC(O)C(Cl)(Cl)Cl. The quantitative estimate of drug-likeness (QED) is 0.400. The van der Waals surface area contributed by atoms with Crippen molar-refractivity contribution < 1.29 is 14.6 Å². The Labute approximate surface area is 72.8 Å². The zero-order chi connectivity index (χ0) is 8.36. The summed E-state index contributed by atoms with van der Waals surface area (Å²) in [7, 11) is 0. The van der Waals surface area contributed by atoms with Crippen molar-refractivity contribution in [3.8, 4) is 0 Å². The molecule has 0 amide bonds. The number of carbonyl (C=O) groups is 1. The van der Waals surface area contributed by atoms with Crippen LogP contribution < -0.4 is 0 Å². The van der Waals surface area contributed by atoms with Gasteiger partial charge in [-0.2, -0.15) is 0 Å². The highest BCUT2D eigenvalue weighted by Gasteiger charge is 2.33. The number of halogens is 3. The van der Waals surface area contributed by atoms with Gasteiger partial charge in [-0.05, 0) is 0 Å². The minimum Gasteiger partial charge on any atom is -0.431 e. The molecule has 1 N–H and O–H groups in total. The lowest BCUT2D eigenvalue weighted by molar-refractivity contribution is -0.164. The van der Waals surface area contributed by atoms with Crippen molar-refractivity contribution in [2.75, 3.05) is 0 Å². The Morgan fingerprint density at radius 3 is 2.10 bits per heavy atom. The summed E-state index contributed by atoms with van der Waals surface area (Å²) in [6, 6.07) is 0. The molecule has 0 saturated heterocycles. The lowest BCUT2D eigenvalue weighted by Crippen LogP contribution is -2.29. The van der Waals surface area contributed by atoms with Crippen LogP contribution >= 0.6 is 34.8 Å². The number of alkyl halides is 3.